The van der Waals surface area contributed by atoms with Crippen molar-refractivity contribution >= 4 is 26.9 Å². The van der Waals surface area contributed by atoms with E-state index in [-0.39, 0.29) is 21.8 Å². The highest BCUT2D eigenvalue weighted by atomic mass is 32.2. The van der Waals surface area contributed by atoms with Crippen LogP contribution in [0.15, 0.2) is 26.9 Å². The lowest BCUT2D eigenvalue weighted by Crippen LogP contribution is -2.23. The fourth-order valence-corrected chi connectivity index (χ4v) is 5.09. The highest BCUT2D eigenvalue weighted by Gasteiger charge is 2.24. The Morgan fingerprint density at radius 2 is 1.75 bits per heavy atom. The van der Waals surface area contributed by atoms with Crippen LogP contribution in [0.4, 0.5) is 14.5 Å². The molecule has 2 unspecified atom stereocenters. The van der Waals surface area contributed by atoms with Gasteiger partial charge in [-0.05, 0) is 48.9 Å². The molecule has 0 fully saturated rings. The summed E-state index contributed by atoms with van der Waals surface area (Å²) >= 11 is 0.937. The van der Waals surface area contributed by atoms with Gasteiger partial charge in [0.15, 0.2) is 0 Å². The summed E-state index contributed by atoms with van der Waals surface area (Å²) < 4.78 is 47.0. The van der Waals surface area contributed by atoms with E-state index in [1.807, 2.05) is 27.7 Å². The summed E-state index contributed by atoms with van der Waals surface area (Å²) in [5.74, 6) is -0.209. The van der Waals surface area contributed by atoms with Gasteiger partial charge in [0.1, 0.15) is 30.5 Å². The molecule has 32 heavy (non-hydrogen) atoms. The molecule has 12 heteroatoms. The first kappa shape index (κ1) is 26.4. The van der Waals surface area contributed by atoms with Crippen LogP contribution in [0.2, 0.25) is 0 Å². The Balaban J connectivity index is 2.46. The molecule has 2 atom stereocenters. The molecule has 0 aliphatic heterocycles. The number of aromatic nitrogens is 1. The molecule has 1 aromatic carbocycles. The number of aliphatic hydroxyl groups excluding tert-OH is 1. The predicted octanol–water partition coefficient (Wildman–Crippen LogP) is 4.31. The minimum Gasteiger partial charge on any atom is -0.435 e. The summed E-state index contributed by atoms with van der Waals surface area (Å²) in [4.78, 5) is 4.03. The molecule has 2 rings (SSSR count). The molecule has 0 radical (unpaired) electrons. The van der Waals surface area contributed by atoms with E-state index in [1.54, 1.807) is 0 Å². The summed E-state index contributed by atoms with van der Waals surface area (Å²) in [5, 5.41) is 29.6. The van der Waals surface area contributed by atoms with Crippen molar-refractivity contribution in [1.82, 2.24) is 4.98 Å². The van der Waals surface area contributed by atoms with Gasteiger partial charge in [0, 0.05) is 5.69 Å². The maximum absolute atomic E-state index is 12.9. The first-order valence-corrected chi connectivity index (χ1v) is 12.3. The Morgan fingerprint density at radius 1 is 1.22 bits per heavy atom. The number of anilines is 1. The average Bonchev–Trinajstić information content (AvgIpc) is 3.12. The number of benzene rings is 1. The van der Waals surface area contributed by atoms with Crippen molar-refractivity contribution in [3.8, 4) is 5.75 Å². The number of rotatable bonds is 9. The van der Waals surface area contributed by atoms with Crippen LogP contribution in [-0.4, -0.2) is 32.4 Å². The van der Waals surface area contributed by atoms with Crippen LogP contribution in [0.1, 0.15) is 69.5 Å². The molecule has 0 spiro atoms. The van der Waals surface area contributed by atoms with Crippen molar-refractivity contribution in [2.24, 2.45) is 9.50 Å². The number of nitrogens with zero attached hydrogens (tertiary/aromatic N) is 2. The third kappa shape index (κ3) is 6.58. The van der Waals surface area contributed by atoms with Gasteiger partial charge in [-0.2, -0.15) is 13.1 Å². The summed E-state index contributed by atoms with van der Waals surface area (Å²) in [6, 6.07) is 2.94. The zero-order valence-corrected chi connectivity index (χ0v) is 20.4. The minimum absolute atomic E-state index is 0.0100. The number of halogens is 2. The van der Waals surface area contributed by atoms with Gasteiger partial charge in [-0.3, -0.25) is 0 Å². The van der Waals surface area contributed by atoms with E-state index in [2.05, 4.69) is 19.4 Å². The highest BCUT2D eigenvalue weighted by molar-refractivity contribution is 7.93. The Labute approximate surface area is 191 Å². The third-order valence-electron chi connectivity index (χ3n) is 4.47. The molecule has 8 nitrogen and oxygen atoms in total. The second kappa shape index (κ2) is 9.96. The highest BCUT2D eigenvalue weighted by Crippen LogP contribution is 2.37. The van der Waals surface area contributed by atoms with E-state index in [1.165, 1.54) is 32.2 Å². The Bertz CT molecular complexity index is 1030. The standard InChI is InChI=1S/C20H30F2N4O4S2/c1-10(2)13-7-12(30-18(21)22)8-14(11(3)4)16(13)25-19(27)26-32(23,29)15-9-24-17(31-15)20(5,6)28/h7-11,18-19,25,27-28H,1-6H3,(H2,23,26,29). The lowest BCUT2D eigenvalue weighted by atomic mass is 9.92. The minimum atomic E-state index is -3.53. The van der Waals surface area contributed by atoms with Crippen LogP contribution < -0.4 is 15.2 Å². The first-order valence-electron chi connectivity index (χ1n) is 9.91. The molecule has 0 amide bonds. The van der Waals surface area contributed by atoms with Gasteiger partial charge in [-0.1, -0.05) is 27.7 Å². The van der Waals surface area contributed by atoms with E-state index in [4.69, 9.17) is 5.14 Å². The van der Waals surface area contributed by atoms with Gasteiger partial charge < -0.3 is 20.3 Å². The molecule has 5 N–H and O–H groups in total. The molecular weight excluding hydrogens is 462 g/mol. The number of aliphatic hydroxyl groups is 2. The maximum Gasteiger partial charge on any atom is 0.387 e. The van der Waals surface area contributed by atoms with Crippen molar-refractivity contribution in [3.63, 3.8) is 0 Å². The van der Waals surface area contributed by atoms with Crippen molar-refractivity contribution in [3.05, 3.63) is 34.5 Å². The number of nitrogens with one attached hydrogen (secondary N) is 1. The van der Waals surface area contributed by atoms with E-state index >= 15 is 0 Å². The third-order valence-corrected chi connectivity index (χ3v) is 7.73. The Kier molecular flexibility index (Phi) is 8.21. The van der Waals surface area contributed by atoms with Gasteiger partial charge in [0.05, 0.1) is 6.20 Å². The summed E-state index contributed by atoms with van der Waals surface area (Å²) in [7, 11) is -3.53. The van der Waals surface area contributed by atoms with Crippen LogP contribution in [0.5, 0.6) is 5.75 Å². The first-order chi connectivity index (χ1) is 14.6. The van der Waals surface area contributed by atoms with Gasteiger partial charge in [0.25, 0.3) is 0 Å². The SMILES string of the molecule is CC(C)c1cc(OC(F)F)cc(C(C)C)c1NC(O)N=S(N)(=O)c1cnc(C(C)(C)O)s1. The lowest BCUT2D eigenvalue weighted by molar-refractivity contribution is -0.0499. The second-order valence-electron chi connectivity index (χ2n) is 8.40. The molecule has 0 aliphatic carbocycles. The second-order valence-corrected chi connectivity index (χ2v) is 11.5. The van der Waals surface area contributed by atoms with Gasteiger partial charge >= 0.3 is 6.61 Å². The Hall–Kier alpha value is -1.86. The van der Waals surface area contributed by atoms with Crippen LogP contribution in [-0.2, 0) is 15.5 Å². The molecule has 1 aromatic heterocycles. The molecule has 0 bridgehead atoms. The topological polar surface area (TPSA) is 130 Å². The van der Waals surface area contributed by atoms with E-state index in [0.717, 1.165) is 11.3 Å². The zero-order valence-electron chi connectivity index (χ0n) is 18.8. The zero-order chi connectivity index (χ0) is 24.4. The van der Waals surface area contributed by atoms with Gasteiger partial charge in [-0.25, -0.2) is 14.3 Å². The van der Waals surface area contributed by atoms with Gasteiger partial charge in [0.2, 0.25) is 6.35 Å². The van der Waals surface area contributed by atoms with Crippen molar-refractivity contribution in [2.75, 3.05) is 5.32 Å². The molecule has 180 valence electrons. The molecule has 1 heterocycles. The van der Waals surface area contributed by atoms with E-state index in [0.29, 0.717) is 21.8 Å². The predicted molar refractivity (Wildman–Crippen MR) is 121 cm³/mol. The normalized spacial score (nSPS) is 15.2. The summed E-state index contributed by atoms with van der Waals surface area (Å²) in [6.07, 6.45) is -0.399. The van der Waals surface area contributed by atoms with Crippen LogP contribution in [0.3, 0.4) is 0 Å². The molecule has 2 aromatic rings. The van der Waals surface area contributed by atoms with E-state index < -0.39 is 28.5 Å². The fraction of sp³-hybridized carbons (Fsp3) is 0.550. The fourth-order valence-electron chi connectivity index (χ4n) is 2.94. The smallest absolute Gasteiger partial charge is 0.387 e. The summed E-state index contributed by atoms with van der Waals surface area (Å²) in [5.41, 5.74) is 0.471. The number of hydrogen-bond acceptors (Lipinski definition) is 8. The van der Waals surface area contributed by atoms with Crippen LogP contribution in [0, 0.1) is 0 Å². The quantitative estimate of drug-likeness (QED) is 0.386. The molecule has 0 aliphatic rings. The van der Waals surface area contributed by atoms with Crippen molar-refractivity contribution in [1.29, 1.82) is 0 Å². The largest absolute Gasteiger partial charge is 0.435 e. The van der Waals surface area contributed by atoms with Crippen molar-refractivity contribution < 1.29 is 27.9 Å². The van der Waals surface area contributed by atoms with Crippen molar-refractivity contribution in [2.45, 2.75) is 76.2 Å². The lowest BCUT2D eigenvalue weighted by Gasteiger charge is -2.23. The molecular formula is C20H30F2N4O4S2. The number of alkyl halides is 2. The molecule has 0 saturated carbocycles. The number of ether oxygens (including phenoxy) is 1. The van der Waals surface area contributed by atoms with E-state index in [9.17, 15) is 23.2 Å². The van der Waals surface area contributed by atoms with Gasteiger partial charge in [-0.15, -0.1) is 11.3 Å². The van der Waals surface area contributed by atoms with Crippen LogP contribution >= 0.6 is 11.3 Å². The maximum atomic E-state index is 12.9. The Morgan fingerprint density at radius 3 is 2.16 bits per heavy atom. The molecule has 0 saturated heterocycles. The number of hydrogen-bond donors (Lipinski definition) is 4. The average molecular weight is 493 g/mol. The number of nitrogens with two attached hydrogens (primary N) is 1. The van der Waals surface area contributed by atoms with Crippen LogP contribution in [0.25, 0.3) is 0 Å². The monoisotopic (exact) mass is 492 g/mol. The summed E-state index contributed by atoms with van der Waals surface area (Å²) in [6.45, 7) is 7.55. The number of thiazole rings is 1.